The third-order valence-electron chi connectivity index (χ3n) is 1.57. The number of azide groups is 1. The number of hydrogen-bond acceptors (Lipinski definition) is 2. The lowest BCUT2D eigenvalue weighted by molar-refractivity contribution is 1.25. The molecule has 0 saturated heterocycles. The predicted octanol–water partition coefficient (Wildman–Crippen LogP) is 3.16. The van der Waals surface area contributed by atoms with Crippen molar-refractivity contribution in [3.05, 3.63) is 33.7 Å². The van der Waals surface area contributed by atoms with Crippen LogP contribution in [0.5, 0.6) is 0 Å². The van der Waals surface area contributed by atoms with Crippen LogP contribution in [0.4, 0.5) is 5.95 Å². The number of rotatable bonds is 1. The average molecular weight is 194 g/mol. The second kappa shape index (κ2) is 2.97. The van der Waals surface area contributed by atoms with Gasteiger partial charge in [0.15, 0.2) is 5.95 Å². The van der Waals surface area contributed by atoms with Gasteiger partial charge >= 0.3 is 0 Å². The minimum absolute atomic E-state index is 0.250. The van der Waals surface area contributed by atoms with E-state index < -0.39 is 0 Å². The van der Waals surface area contributed by atoms with Gasteiger partial charge in [-0.15, -0.1) is 0 Å². The van der Waals surface area contributed by atoms with Gasteiger partial charge in [-0.2, -0.15) is 0 Å². The third-order valence-corrected chi connectivity index (χ3v) is 1.81. The largest absolute Gasteiger partial charge is 0.337 e. The average Bonchev–Trinajstić information content (AvgIpc) is 2.46. The third kappa shape index (κ3) is 1.42. The molecule has 64 valence electrons. The van der Waals surface area contributed by atoms with Crippen molar-refractivity contribution in [3.8, 4) is 0 Å². The van der Waals surface area contributed by atoms with E-state index in [-0.39, 0.29) is 5.95 Å². The maximum atomic E-state index is 8.17. The summed E-state index contributed by atoms with van der Waals surface area (Å²) in [5.74, 6) is 0.250. The van der Waals surface area contributed by atoms with Gasteiger partial charge in [0.05, 0.1) is 11.0 Å². The van der Waals surface area contributed by atoms with Crippen molar-refractivity contribution >= 4 is 28.6 Å². The Labute approximate surface area is 78.0 Å². The van der Waals surface area contributed by atoms with Crippen molar-refractivity contribution in [3.63, 3.8) is 0 Å². The molecule has 6 heteroatoms. The Kier molecular flexibility index (Phi) is 1.81. The topological polar surface area (TPSA) is 77.4 Å². The van der Waals surface area contributed by atoms with Crippen LogP contribution in [-0.4, -0.2) is 9.97 Å². The fourth-order valence-electron chi connectivity index (χ4n) is 1.06. The summed E-state index contributed by atoms with van der Waals surface area (Å²) in [6.07, 6.45) is 0. The number of aromatic nitrogens is 2. The first-order valence-corrected chi connectivity index (χ1v) is 3.88. The van der Waals surface area contributed by atoms with Gasteiger partial charge in [0.25, 0.3) is 0 Å². The SMILES string of the molecule is [N-]=[N+]=Nc1nc2ccc(Cl)cc2[nH]1. The summed E-state index contributed by atoms with van der Waals surface area (Å²) in [5.41, 5.74) is 9.66. The molecule has 0 amide bonds. The molecule has 0 aliphatic heterocycles. The Morgan fingerprint density at radius 2 is 2.38 bits per heavy atom. The maximum Gasteiger partial charge on any atom is 0.195 e. The zero-order valence-corrected chi connectivity index (χ0v) is 7.15. The molecular formula is C7H4ClN5. The van der Waals surface area contributed by atoms with Gasteiger partial charge in [0, 0.05) is 9.93 Å². The molecule has 0 bridgehead atoms. The van der Waals surface area contributed by atoms with E-state index >= 15 is 0 Å². The highest BCUT2D eigenvalue weighted by Crippen LogP contribution is 2.19. The summed E-state index contributed by atoms with van der Waals surface area (Å²) in [4.78, 5) is 9.45. The zero-order chi connectivity index (χ0) is 9.26. The van der Waals surface area contributed by atoms with Crippen molar-refractivity contribution in [2.45, 2.75) is 0 Å². The van der Waals surface area contributed by atoms with Crippen molar-refractivity contribution in [2.24, 2.45) is 5.11 Å². The number of nitrogens with one attached hydrogen (secondary N) is 1. The Bertz CT molecular complexity index is 497. The number of fused-ring (bicyclic) bond motifs is 1. The van der Waals surface area contributed by atoms with Crippen LogP contribution in [0.1, 0.15) is 0 Å². The molecule has 0 atom stereocenters. The molecule has 1 aromatic heterocycles. The first-order chi connectivity index (χ1) is 6.29. The lowest BCUT2D eigenvalue weighted by Gasteiger charge is -1.87. The fourth-order valence-corrected chi connectivity index (χ4v) is 1.23. The molecule has 0 fully saturated rings. The molecule has 5 nitrogen and oxygen atoms in total. The van der Waals surface area contributed by atoms with E-state index in [2.05, 4.69) is 20.0 Å². The van der Waals surface area contributed by atoms with Crippen molar-refractivity contribution < 1.29 is 0 Å². The first-order valence-electron chi connectivity index (χ1n) is 3.50. The number of H-pyrrole nitrogens is 1. The minimum atomic E-state index is 0.250. The molecule has 1 N–H and O–H groups in total. The second-order valence-corrected chi connectivity index (χ2v) is 2.85. The number of aromatic amines is 1. The smallest absolute Gasteiger partial charge is 0.195 e. The summed E-state index contributed by atoms with van der Waals surface area (Å²) in [6.45, 7) is 0. The van der Waals surface area contributed by atoms with Gasteiger partial charge in [-0.3, -0.25) is 0 Å². The van der Waals surface area contributed by atoms with E-state index in [9.17, 15) is 0 Å². The first kappa shape index (κ1) is 7.91. The van der Waals surface area contributed by atoms with Gasteiger partial charge in [0.1, 0.15) is 0 Å². The fraction of sp³-hybridized carbons (Fsp3) is 0. The summed E-state index contributed by atoms with van der Waals surface area (Å²) < 4.78 is 0. The Morgan fingerprint density at radius 1 is 1.54 bits per heavy atom. The molecule has 1 heterocycles. The number of nitrogens with zero attached hydrogens (tertiary/aromatic N) is 4. The molecule has 2 rings (SSSR count). The van der Waals surface area contributed by atoms with E-state index in [0.717, 1.165) is 11.0 Å². The van der Waals surface area contributed by atoms with E-state index in [4.69, 9.17) is 17.1 Å². The summed E-state index contributed by atoms with van der Waals surface area (Å²) in [6, 6.07) is 5.20. The van der Waals surface area contributed by atoms with Crippen LogP contribution in [-0.2, 0) is 0 Å². The number of benzene rings is 1. The van der Waals surface area contributed by atoms with Crippen LogP contribution in [0.3, 0.4) is 0 Å². The summed E-state index contributed by atoms with van der Waals surface area (Å²) in [5, 5.41) is 3.96. The van der Waals surface area contributed by atoms with Gasteiger partial charge < -0.3 is 4.98 Å². The van der Waals surface area contributed by atoms with Gasteiger partial charge in [-0.05, 0) is 28.8 Å². The second-order valence-electron chi connectivity index (χ2n) is 2.41. The monoisotopic (exact) mass is 193 g/mol. The number of imidazole rings is 1. The van der Waals surface area contributed by atoms with Crippen molar-refractivity contribution in [2.75, 3.05) is 0 Å². The molecule has 0 saturated carbocycles. The minimum Gasteiger partial charge on any atom is -0.337 e. The zero-order valence-electron chi connectivity index (χ0n) is 6.40. The summed E-state index contributed by atoms with van der Waals surface area (Å²) in [7, 11) is 0. The molecule has 0 radical (unpaired) electrons. The Balaban J connectivity index is 2.68. The highest BCUT2D eigenvalue weighted by atomic mass is 35.5. The molecule has 13 heavy (non-hydrogen) atoms. The summed E-state index contributed by atoms with van der Waals surface area (Å²) >= 11 is 5.75. The van der Waals surface area contributed by atoms with Crippen LogP contribution < -0.4 is 0 Å². The maximum absolute atomic E-state index is 8.17. The molecule has 1 aromatic carbocycles. The van der Waals surface area contributed by atoms with Gasteiger partial charge in [-0.1, -0.05) is 11.6 Å². The van der Waals surface area contributed by atoms with Gasteiger partial charge in [0.2, 0.25) is 0 Å². The predicted molar refractivity (Wildman–Crippen MR) is 49.9 cm³/mol. The Hall–Kier alpha value is -1.71. The standard InChI is InChI=1S/C7H4ClN5/c8-4-1-2-5-6(3-4)11-7(10-5)12-13-9/h1-3H,(H,10,11). The number of hydrogen-bond donors (Lipinski definition) is 1. The number of halogens is 1. The van der Waals surface area contributed by atoms with Crippen LogP contribution >= 0.6 is 11.6 Å². The quantitative estimate of drug-likeness (QED) is 0.421. The van der Waals surface area contributed by atoms with E-state index in [1.54, 1.807) is 18.2 Å². The molecule has 2 aromatic rings. The molecule has 0 aliphatic rings. The highest BCUT2D eigenvalue weighted by Gasteiger charge is 2.00. The molecular weight excluding hydrogens is 190 g/mol. The van der Waals surface area contributed by atoms with Crippen LogP contribution in [0.25, 0.3) is 21.5 Å². The van der Waals surface area contributed by atoms with E-state index in [1.165, 1.54) is 0 Å². The highest BCUT2D eigenvalue weighted by molar-refractivity contribution is 6.31. The van der Waals surface area contributed by atoms with Crippen LogP contribution in [0.15, 0.2) is 23.3 Å². The lowest BCUT2D eigenvalue weighted by atomic mass is 10.3. The van der Waals surface area contributed by atoms with E-state index in [1.807, 2.05) is 0 Å². The Morgan fingerprint density at radius 3 is 3.15 bits per heavy atom. The van der Waals surface area contributed by atoms with Crippen molar-refractivity contribution in [1.82, 2.24) is 9.97 Å². The lowest BCUT2D eigenvalue weighted by Crippen LogP contribution is -1.67. The van der Waals surface area contributed by atoms with Crippen LogP contribution in [0, 0.1) is 0 Å². The normalized spacial score (nSPS) is 9.92. The molecule has 0 unspecified atom stereocenters. The van der Waals surface area contributed by atoms with E-state index in [0.29, 0.717) is 5.02 Å². The van der Waals surface area contributed by atoms with Crippen LogP contribution in [0.2, 0.25) is 5.02 Å². The molecule has 0 spiro atoms. The molecule has 0 aliphatic carbocycles. The van der Waals surface area contributed by atoms with Gasteiger partial charge in [-0.25, -0.2) is 4.98 Å². The van der Waals surface area contributed by atoms with Crippen molar-refractivity contribution in [1.29, 1.82) is 0 Å².